The van der Waals surface area contributed by atoms with Gasteiger partial charge >= 0.3 is 6.30 Å². The van der Waals surface area contributed by atoms with Gasteiger partial charge in [0.15, 0.2) is 5.03 Å². The number of alkyl halides is 3. The van der Waals surface area contributed by atoms with Crippen LogP contribution in [0.4, 0.5) is 13.2 Å². The van der Waals surface area contributed by atoms with Crippen LogP contribution in [0.5, 0.6) is 0 Å². The number of rotatable bonds is 3. The van der Waals surface area contributed by atoms with Crippen LogP contribution in [0.25, 0.3) is 11.3 Å². The number of aryl methyl sites for hydroxylation is 1. The second-order valence-electron chi connectivity index (χ2n) is 5.42. The molecule has 0 N–H and O–H groups in total. The van der Waals surface area contributed by atoms with Gasteiger partial charge in [-0.2, -0.15) is 0 Å². The lowest BCUT2D eigenvalue weighted by Gasteiger charge is -2.13. The predicted molar refractivity (Wildman–Crippen MR) is 85.6 cm³/mol. The molecule has 2 aromatic carbocycles. The summed E-state index contributed by atoms with van der Waals surface area (Å²) in [5.74, 6) is 0. The van der Waals surface area contributed by atoms with Crippen molar-refractivity contribution < 1.29 is 21.6 Å². The number of hydrogen-bond donors (Lipinski definition) is 0. The van der Waals surface area contributed by atoms with Crippen LogP contribution in [0.15, 0.2) is 70.8 Å². The first-order valence-corrected chi connectivity index (χ1v) is 8.71. The molecule has 0 aliphatic carbocycles. The highest BCUT2D eigenvalue weighted by atomic mass is 32.2. The molecule has 0 atom stereocenters. The van der Waals surface area contributed by atoms with Crippen molar-refractivity contribution in [1.29, 1.82) is 0 Å². The van der Waals surface area contributed by atoms with E-state index in [9.17, 15) is 21.6 Å². The number of halogens is 3. The molecule has 4 nitrogen and oxygen atoms in total. The van der Waals surface area contributed by atoms with Crippen molar-refractivity contribution in [1.82, 2.24) is 9.55 Å². The minimum atomic E-state index is -4.79. The number of sulfone groups is 1. The molecule has 1 heterocycles. The Labute approximate surface area is 142 Å². The van der Waals surface area contributed by atoms with E-state index in [1.165, 1.54) is 36.4 Å². The Kier molecular flexibility index (Phi) is 4.16. The van der Waals surface area contributed by atoms with Crippen LogP contribution in [-0.4, -0.2) is 18.0 Å². The molecule has 0 fully saturated rings. The molecular formula is C17H13F3N2O2S. The fourth-order valence-electron chi connectivity index (χ4n) is 2.41. The summed E-state index contributed by atoms with van der Waals surface area (Å²) in [4.78, 5) is 3.48. The fraction of sp³-hybridized carbons (Fsp3) is 0.118. The Hall–Kier alpha value is -2.61. The molecule has 0 amide bonds. The largest absolute Gasteiger partial charge is 0.490 e. The van der Waals surface area contributed by atoms with Crippen molar-refractivity contribution in [3.05, 3.63) is 66.5 Å². The molecule has 0 spiro atoms. The number of nitrogens with zero attached hydrogens (tertiary/aromatic N) is 2. The van der Waals surface area contributed by atoms with E-state index < -0.39 is 26.9 Å². The van der Waals surface area contributed by atoms with Crippen molar-refractivity contribution in [2.24, 2.45) is 0 Å². The van der Waals surface area contributed by atoms with Gasteiger partial charge in [-0.25, -0.2) is 18.0 Å². The van der Waals surface area contributed by atoms with Gasteiger partial charge in [0.05, 0.1) is 10.6 Å². The topological polar surface area (TPSA) is 52.0 Å². The van der Waals surface area contributed by atoms with E-state index in [-0.39, 0.29) is 15.0 Å². The fourth-order valence-corrected chi connectivity index (χ4v) is 3.78. The first kappa shape index (κ1) is 17.2. The molecule has 0 bridgehead atoms. The van der Waals surface area contributed by atoms with Gasteiger partial charge in [0.1, 0.15) is 6.33 Å². The summed E-state index contributed by atoms with van der Waals surface area (Å²) in [7, 11) is -4.21. The van der Waals surface area contributed by atoms with Gasteiger partial charge < -0.3 is 0 Å². The second kappa shape index (κ2) is 6.03. The molecule has 0 saturated carbocycles. The van der Waals surface area contributed by atoms with Crippen molar-refractivity contribution in [2.75, 3.05) is 0 Å². The van der Waals surface area contributed by atoms with Crippen LogP contribution in [0.2, 0.25) is 0 Å². The number of aromatic nitrogens is 2. The Morgan fingerprint density at radius 2 is 1.56 bits per heavy atom. The van der Waals surface area contributed by atoms with Gasteiger partial charge in [0, 0.05) is 5.56 Å². The third kappa shape index (κ3) is 3.17. The highest BCUT2D eigenvalue weighted by Crippen LogP contribution is 2.36. The molecule has 25 heavy (non-hydrogen) atoms. The Bertz CT molecular complexity index is 993. The van der Waals surface area contributed by atoms with E-state index in [1.807, 2.05) is 0 Å². The van der Waals surface area contributed by atoms with Gasteiger partial charge in [-0.3, -0.25) is 0 Å². The van der Waals surface area contributed by atoms with Crippen molar-refractivity contribution in [2.45, 2.75) is 23.1 Å². The van der Waals surface area contributed by atoms with Crippen molar-refractivity contribution in [3.8, 4) is 11.3 Å². The van der Waals surface area contributed by atoms with E-state index >= 15 is 0 Å². The maximum atomic E-state index is 13.3. The predicted octanol–water partition coefficient (Wildman–Crippen LogP) is 4.17. The number of hydrogen-bond acceptors (Lipinski definition) is 3. The third-order valence-corrected chi connectivity index (χ3v) is 5.34. The van der Waals surface area contributed by atoms with E-state index in [0.717, 1.165) is 5.56 Å². The van der Waals surface area contributed by atoms with Crippen LogP contribution >= 0.6 is 0 Å². The zero-order chi connectivity index (χ0) is 18.2. The van der Waals surface area contributed by atoms with Gasteiger partial charge in [0.2, 0.25) is 9.84 Å². The van der Waals surface area contributed by atoms with Crippen LogP contribution < -0.4 is 0 Å². The average molecular weight is 366 g/mol. The molecule has 0 saturated heterocycles. The maximum Gasteiger partial charge on any atom is 0.490 e. The SMILES string of the molecule is Cc1ccc(S(=O)(=O)c2ncn(C(F)(F)F)c2-c2ccccc2)cc1. The molecule has 0 aliphatic rings. The molecule has 0 radical (unpaired) electrons. The van der Waals surface area contributed by atoms with Gasteiger partial charge in [-0.1, -0.05) is 48.0 Å². The molecule has 3 aromatic rings. The maximum absolute atomic E-state index is 13.3. The lowest BCUT2D eigenvalue weighted by molar-refractivity contribution is -0.202. The third-order valence-electron chi connectivity index (χ3n) is 3.64. The number of imidazole rings is 1. The summed E-state index contributed by atoms with van der Waals surface area (Å²) in [6, 6.07) is 13.4. The molecule has 3 rings (SSSR count). The van der Waals surface area contributed by atoms with E-state index in [0.29, 0.717) is 6.33 Å². The summed E-state index contributed by atoms with van der Waals surface area (Å²) >= 11 is 0. The molecule has 0 unspecified atom stereocenters. The first-order valence-electron chi connectivity index (χ1n) is 7.23. The molecular weight excluding hydrogens is 353 g/mol. The van der Waals surface area contributed by atoms with Gasteiger partial charge in [0.25, 0.3) is 0 Å². The van der Waals surface area contributed by atoms with Crippen molar-refractivity contribution >= 4 is 9.84 Å². The molecule has 1 aromatic heterocycles. The van der Waals surface area contributed by atoms with E-state index in [2.05, 4.69) is 4.98 Å². The highest BCUT2D eigenvalue weighted by Gasteiger charge is 2.38. The highest BCUT2D eigenvalue weighted by molar-refractivity contribution is 7.91. The van der Waals surface area contributed by atoms with Crippen LogP contribution in [0, 0.1) is 6.92 Å². The summed E-state index contributed by atoms with van der Waals surface area (Å²) in [6.45, 7) is 1.78. The summed E-state index contributed by atoms with van der Waals surface area (Å²) in [5.41, 5.74) is 0.444. The van der Waals surface area contributed by atoms with Gasteiger partial charge in [-0.15, -0.1) is 13.2 Å². The monoisotopic (exact) mass is 366 g/mol. The van der Waals surface area contributed by atoms with E-state index in [1.54, 1.807) is 25.1 Å². The molecule has 0 aliphatic heterocycles. The van der Waals surface area contributed by atoms with Crippen LogP contribution in [0.3, 0.4) is 0 Å². The Balaban J connectivity index is 2.27. The zero-order valence-corrected chi connectivity index (χ0v) is 13.8. The average Bonchev–Trinajstić information content (AvgIpc) is 3.02. The quantitative estimate of drug-likeness (QED) is 0.699. The summed E-state index contributed by atoms with van der Waals surface area (Å²) < 4.78 is 65.5. The second-order valence-corrected chi connectivity index (χ2v) is 7.28. The van der Waals surface area contributed by atoms with E-state index in [4.69, 9.17) is 0 Å². The Morgan fingerprint density at radius 3 is 2.12 bits per heavy atom. The first-order chi connectivity index (χ1) is 11.7. The molecule has 130 valence electrons. The minimum Gasteiger partial charge on any atom is -0.239 e. The molecule has 8 heteroatoms. The van der Waals surface area contributed by atoms with Crippen molar-refractivity contribution in [3.63, 3.8) is 0 Å². The zero-order valence-electron chi connectivity index (χ0n) is 13.0. The van der Waals surface area contributed by atoms with Crippen LogP contribution in [0.1, 0.15) is 5.56 Å². The standard InChI is InChI=1S/C17H13F3N2O2S/c1-12-7-9-14(10-8-12)25(23,24)16-15(13-5-3-2-4-6-13)22(11-21-16)17(18,19)20/h2-11H,1H3. The Morgan fingerprint density at radius 1 is 0.960 bits per heavy atom. The number of benzene rings is 2. The summed E-state index contributed by atoms with van der Waals surface area (Å²) in [6.07, 6.45) is -4.30. The lowest BCUT2D eigenvalue weighted by atomic mass is 10.2. The normalized spacial score (nSPS) is 12.3. The smallest absolute Gasteiger partial charge is 0.239 e. The lowest BCUT2D eigenvalue weighted by Crippen LogP contribution is -2.17. The van der Waals surface area contributed by atoms with Crippen LogP contribution in [-0.2, 0) is 16.1 Å². The summed E-state index contributed by atoms with van der Waals surface area (Å²) in [5, 5.41) is -0.625. The van der Waals surface area contributed by atoms with Gasteiger partial charge in [-0.05, 0) is 19.1 Å². The minimum absolute atomic E-state index is 0.0800.